The van der Waals surface area contributed by atoms with Crippen LogP contribution in [-0.4, -0.2) is 22.7 Å². The first-order chi connectivity index (χ1) is 9.16. The molecule has 0 atom stereocenters. The van der Waals surface area contributed by atoms with Gasteiger partial charge in [0, 0.05) is 18.8 Å². The SMILES string of the molecule is Cc1ccc(C(=O)O)c(OCCc2ccncc2)c1. The van der Waals surface area contributed by atoms with E-state index in [2.05, 4.69) is 4.98 Å². The summed E-state index contributed by atoms with van der Waals surface area (Å²) < 4.78 is 5.58. The Bertz CT molecular complexity index is 567. The van der Waals surface area contributed by atoms with Gasteiger partial charge >= 0.3 is 5.97 Å². The molecule has 98 valence electrons. The highest BCUT2D eigenvalue weighted by Gasteiger charge is 2.11. The Balaban J connectivity index is 2.03. The lowest BCUT2D eigenvalue weighted by molar-refractivity contribution is 0.0692. The molecule has 19 heavy (non-hydrogen) atoms. The third-order valence-corrected chi connectivity index (χ3v) is 2.77. The van der Waals surface area contributed by atoms with Crippen molar-refractivity contribution >= 4 is 5.97 Å². The van der Waals surface area contributed by atoms with Gasteiger partial charge in [0.25, 0.3) is 0 Å². The van der Waals surface area contributed by atoms with Gasteiger partial charge in [-0.2, -0.15) is 0 Å². The third-order valence-electron chi connectivity index (χ3n) is 2.77. The molecule has 0 unspecified atom stereocenters. The van der Waals surface area contributed by atoms with Crippen molar-refractivity contribution in [1.82, 2.24) is 4.98 Å². The van der Waals surface area contributed by atoms with E-state index < -0.39 is 5.97 Å². The van der Waals surface area contributed by atoms with E-state index in [4.69, 9.17) is 9.84 Å². The fourth-order valence-electron chi connectivity index (χ4n) is 1.75. The topological polar surface area (TPSA) is 59.4 Å². The molecule has 0 amide bonds. The molecule has 0 spiro atoms. The Morgan fingerprint density at radius 3 is 2.68 bits per heavy atom. The van der Waals surface area contributed by atoms with Crippen LogP contribution in [0.1, 0.15) is 21.5 Å². The van der Waals surface area contributed by atoms with Gasteiger partial charge in [-0.3, -0.25) is 4.98 Å². The van der Waals surface area contributed by atoms with Crippen molar-refractivity contribution in [3.63, 3.8) is 0 Å². The lowest BCUT2D eigenvalue weighted by Crippen LogP contribution is -2.06. The van der Waals surface area contributed by atoms with Gasteiger partial charge in [0.2, 0.25) is 0 Å². The van der Waals surface area contributed by atoms with E-state index in [0.717, 1.165) is 17.5 Å². The zero-order valence-electron chi connectivity index (χ0n) is 10.7. The molecule has 0 saturated heterocycles. The number of aromatic nitrogens is 1. The average Bonchev–Trinajstić information content (AvgIpc) is 2.39. The molecule has 0 aliphatic heterocycles. The van der Waals surface area contributed by atoms with Gasteiger partial charge in [0.1, 0.15) is 11.3 Å². The first kappa shape index (κ1) is 13.1. The van der Waals surface area contributed by atoms with Gasteiger partial charge in [0.05, 0.1) is 6.61 Å². The minimum absolute atomic E-state index is 0.195. The summed E-state index contributed by atoms with van der Waals surface area (Å²) in [6.07, 6.45) is 4.17. The van der Waals surface area contributed by atoms with Crippen LogP contribution in [0.5, 0.6) is 5.75 Å². The number of carbonyl (C=O) groups is 1. The Morgan fingerprint density at radius 1 is 1.26 bits per heavy atom. The van der Waals surface area contributed by atoms with Gasteiger partial charge in [-0.25, -0.2) is 4.79 Å². The summed E-state index contributed by atoms with van der Waals surface area (Å²) in [5.74, 6) is -0.555. The van der Waals surface area contributed by atoms with Crippen molar-refractivity contribution in [1.29, 1.82) is 0 Å². The number of benzene rings is 1. The fourth-order valence-corrected chi connectivity index (χ4v) is 1.75. The van der Waals surface area contributed by atoms with Crippen LogP contribution in [0.4, 0.5) is 0 Å². The maximum absolute atomic E-state index is 11.1. The van der Waals surface area contributed by atoms with Crippen LogP contribution >= 0.6 is 0 Å². The molecular formula is C15H15NO3. The number of aromatic carboxylic acids is 1. The Labute approximate surface area is 111 Å². The van der Waals surface area contributed by atoms with Crippen molar-refractivity contribution < 1.29 is 14.6 Å². The predicted molar refractivity (Wildman–Crippen MR) is 71.6 cm³/mol. The molecule has 1 aromatic heterocycles. The number of nitrogens with zero attached hydrogens (tertiary/aromatic N) is 1. The van der Waals surface area contributed by atoms with Gasteiger partial charge < -0.3 is 9.84 Å². The Kier molecular flexibility index (Phi) is 4.13. The molecule has 0 aliphatic rings. The average molecular weight is 257 g/mol. The molecule has 0 aliphatic carbocycles. The minimum atomic E-state index is -0.973. The summed E-state index contributed by atoms with van der Waals surface area (Å²) in [6.45, 7) is 2.34. The van der Waals surface area contributed by atoms with E-state index >= 15 is 0 Å². The lowest BCUT2D eigenvalue weighted by Gasteiger charge is -2.10. The summed E-state index contributed by atoms with van der Waals surface area (Å²) in [4.78, 5) is 15.0. The van der Waals surface area contributed by atoms with Gasteiger partial charge in [-0.15, -0.1) is 0 Å². The number of rotatable bonds is 5. The quantitative estimate of drug-likeness (QED) is 0.894. The highest BCUT2D eigenvalue weighted by atomic mass is 16.5. The molecule has 0 bridgehead atoms. The van der Waals surface area contributed by atoms with Crippen LogP contribution in [0.25, 0.3) is 0 Å². The monoisotopic (exact) mass is 257 g/mol. The van der Waals surface area contributed by atoms with Crippen LogP contribution < -0.4 is 4.74 Å². The van der Waals surface area contributed by atoms with E-state index in [-0.39, 0.29) is 5.56 Å². The summed E-state index contributed by atoms with van der Waals surface area (Å²) >= 11 is 0. The molecule has 1 heterocycles. The molecular weight excluding hydrogens is 242 g/mol. The van der Waals surface area contributed by atoms with E-state index in [9.17, 15) is 4.79 Å². The molecule has 0 radical (unpaired) electrons. The standard InChI is InChI=1S/C15H15NO3/c1-11-2-3-13(15(17)18)14(10-11)19-9-6-12-4-7-16-8-5-12/h2-5,7-8,10H,6,9H2,1H3,(H,17,18). The second-order valence-electron chi connectivity index (χ2n) is 4.26. The maximum atomic E-state index is 11.1. The number of hydrogen-bond donors (Lipinski definition) is 1. The molecule has 1 aromatic carbocycles. The second kappa shape index (κ2) is 6.00. The predicted octanol–water partition coefficient (Wildman–Crippen LogP) is 2.71. The zero-order chi connectivity index (χ0) is 13.7. The van der Waals surface area contributed by atoms with Gasteiger partial charge in [0.15, 0.2) is 0 Å². The van der Waals surface area contributed by atoms with E-state index in [1.807, 2.05) is 19.1 Å². The minimum Gasteiger partial charge on any atom is -0.492 e. The Hall–Kier alpha value is -2.36. The third kappa shape index (κ3) is 3.55. The summed E-state index contributed by atoms with van der Waals surface area (Å²) in [5.41, 5.74) is 2.28. The lowest BCUT2D eigenvalue weighted by atomic mass is 10.1. The highest BCUT2D eigenvalue weighted by molar-refractivity contribution is 5.90. The molecule has 4 nitrogen and oxygen atoms in total. The second-order valence-corrected chi connectivity index (χ2v) is 4.26. The van der Waals surface area contributed by atoms with E-state index in [1.54, 1.807) is 30.6 Å². The number of hydrogen-bond acceptors (Lipinski definition) is 3. The molecule has 0 fully saturated rings. The van der Waals surface area contributed by atoms with Crippen molar-refractivity contribution in [3.05, 3.63) is 59.4 Å². The number of ether oxygens (including phenoxy) is 1. The van der Waals surface area contributed by atoms with Crippen molar-refractivity contribution in [3.8, 4) is 5.75 Å². The highest BCUT2D eigenvalue weighted by Crippen LogP contribution is 2.20. The number of carboxylic acid groups (broad SMARTS) is 1. The van der Waals surface area contributed by atoms with Crippen LogP contribution in [0.2, 0.25) is 0 Å². The fraction of sp³-hybridized carbons (Fsp3) is 0.200. The van der Waals surface area contributed by atoms with E-state index in [0.29, 0.717) is 12.4 Å². The summed E-state index contributed by atoms with van der Waals surface area (Å²) in [6, 6.07) is 8.91. The van der Waals surface area contributed by atoms with Gasteiger partial charge in [-0.05, 0) is 42.3 Å². The Morgan fingerprint density at radius 2 is 2.00 bits per heavy atom. The smallest absolute Gasteiger partial charge is 0.339 e. The van der Waals surface area contributed by atoms with Gasteiger partial charge in [-0.1, -0.05) is 6.07 Å². The first-order valence-electron chi connectivity index (χ1n) is 6.02. The van der Waals surface area contributed by atoms with Crippen LogP contribution in [0, 0.1) is 6.92 Å². The van der Waals surface area contributed by atoms with Crippen molar-refractivity contribution in [2.24, 2.45) is 0 Å². The van der Waals surface area contributed by atoms with Crippen LogP contribution in [0.3, 0.4) is 0 Å². The molecule has 2 aromatic rings. The molecule has 1 N–H and O–H groups in total. The zero-order valence-corrected chi connectivity index (χ0v) is 10.7. The van der Waals surface area contributed by atoms with Crippen molar-refractivity contribution in [2.45, 2.75) is 13.3 Å². The number of pyridine rings is 1. The molecule has 2 rings (SSSR count). The summed E-state index contributed by atoms with van der Waals surface area (Å²) in [7, 11) is 0. The normalized spacial score (nSPS) is 10.2. The van der Waals surface area contributed by atoms with E-state index in [1.165, 1.54) is 0 Å². The van der Waals surface area contributed by atoms with Crippen molar-refractivity contribution in [2.75, 3.05) is 6.61 Å². The number of carboxylic acids is 1. The molecule has 0 saturated carbocycles. The molecule has 4 heteroatoms. The first-order valence-corrected chi connectivity index (χ1v) is 6.02. The van der Waals surface area contributed by atoms with Crippen LogP contribution in [-0.2, 0) is 6.42 Å². The number of aryl methyl sites for hydroxylation is 1. The summed E-state index contributed by atoms with van der Waals surface area (Å²) in [5, 5.41) is 9.08. The van der Waals surface area contributed by atoms with Crippen LogP contribution in [0.15, 0.2) is 42.7 Å². The largest absolute Gasteiger partial charge is 0.492 e. The maximum Gasteiger partial charge on any atom is 0.339 e.